The molecule has 0 bridgehead atoms. The van der Waals surface area contributed by atoms with Gasteiger partial charge in [-0.1, -0.05) is 56.0 Å². The summed E-state index contributed by atoms with van der Waals surface area (Å²) in [4.78, 5) is 0. The van der Waals surface area contributed by atoms with Crippen LogP contribution in [0.4, 0.5) is 0 Å². The number of nitrogens with two attached hydrogens (primary N) is 1. The van der Waals surface area contributed by atoms with E-state index in [1.807, 2.05) is 6.07 Å². The summed E-state index contributed by atoms with van der Waals surface area (Å²) in [6.07, 6.45) is 10.5. The van der Waals surface area contributed by atoms with Crippen molar-refractivity contribution < 1.29 is 5.11 Å². The Morgan fingerprint density at radius 2 is 1.43 bits per heavy atom. The quantitative estimate of drug-likeness (QED) is 0.868. The minimum absolute atomic E-state index is 0.133. The van der Waals surface area contributed by atoms with Gasteiger partial charge in [0.05, 0.1) is 5.60 Å². The van der Waals surface area contributed by atoms with Crippen molar-refractivity contribution in [2.75, 3.05) is 0 Å². The fraction of sp³-hybridized carbons (Fsp3) is 0.684. The van der Waals surface area contributed by atoms with E-state index in [1.54, 1.807) is 0 Å². The normalized spacial score (nSPS) is 22.8. The maximum atomic E-state index is 11.6. The molecule has 0 aliphatic heterocycles. The first kappa shape index (κ1) is 15.1. The van der Waals surface area contributed by atoms with Gasteiger partial charge in [0.1, 0.15) is 0 Å². The van der Waals surface area contributed by atoms with E-state index in [0.29, 0.717) is 11.8 Å². The van der Waals surface area contributed by atoms with Gasteiger partial charge < -0.3 is 10.8 Å². The molecule has 0 spiro atoms. The van der Waals surface area contributed by atoms with Gasteiger partial charge in [-0.15, -0.1) is 0 Å². The highest BCUT2D eigenvalue weighted by Gasteiger charge is 2.49. The predicted molar refractivity (Wildman–Crippen MR) is 87.0 cm³/mol. The lowest BCUT2D eigenvalue weighted by molar-refractivity contribution is -0.0862. The van der Waals surface area contributed by atoms with Gasteiger partial charge >= 0.3 is 0 Å². The average molecular weight is 287 g/mol. The number of benzene rings is 1. The number of rotatable bonds is 5. The highest BCUT2D eigenvalue weighted by molar-refractivity contribution is 5.18. The molecule has 2 aliphatic rings. The number of hydrogen-bond acceptors (Lipinski definition) is 2. The molecular weight excluding hydrogens is 258 g/mol. The summed E-state index contributed by atoms with van der Waals surface area (Å²) >= 11 is 0. The van der Waals surface area contributed by atoms with Crippen molar-refractivity contribution in [3.63, 3.8) is 0 Å². The first-order chi connectivity index (χ1) is 10.2. The van der Waals surface area contributed by atoms with Crippen LogP contribution in [0.3, 0.4) is 0 Å². The monoisotopic (exact) mass is 287 g/mol. The van der Waals surface area contributed by atoms with Crippen LogP contribution >= 0.6 is 0 Å². The molecule has 0 saturated heterocycles. The van der Waals surface area contributed by atoms with Crippen LogP contribution in [-0.4, -0.2) is 16.7 Å². The molecule has 21 heavy (non-hydrogen) atoms. The van der Waals surface area contributed by atoms with Crippen LogP contribution in [0.15, 0.2) is 30.3 Å². The summed E-state index contributed by atoms with van der Waals surface area (Å²) in [7, 11) is 0. The lowest BCUT2D eigenvalue weighted by Gasteiger charge is -2.44. The molecule has 0 amide bonds. The Labute approximate surface area is 128 Å². The summed E-state index contributed by atoms with van der Waals surface area (Å²) in [5.74, 6) is 0.832. The molecule has 3 N–H and O–H groups in total. The second-order valence-electron chi connectivity index (χ2n) is 7.15. The SMILES string of the molecule is NC(Cc1ccccc1)C(O)(C1CCCC1)C1CCCC1. The second kappa shape index (κ2) is 6.50. The van der Waals surface area contributed by atoms with E-state index >= 15 is 0 Å². The summed E-state index contributed by atoms with van der Waals surface area (Å²) in [5.41, 5.74) is 7.19. The van der Waals surface area contributed by atoms with E-state index in [-0.39, 0.29) is 6.04 Å². The predicted octanol–water partition coefficient (Wildman–Crippen LogP) is 3.67. The number of aliphatic hydroxyl groups is 1. The van der Waals surface area contributed by atoms with Crippen LogP contribution in [0.1, 0.15) is 56.9 Å². The van der Waals surface area contributed by atoms with Gasteiger partial charge in [-0.3, -0.25) is 0 Å². The van der Waals surface area contributed by atoms with Crippen LogP contribution in [0.25, 0.3) is 0 Å². The third-order valence-electron chi connectivity index (χ3n) is 5.91. The first-order valence-electron chi connectivity index (χ1n) is 8.73. The van der Waals surface area contributed by atoms with Gasteiger partial charge in [0, 0.05) is 6.04 Å². The molecule has 2 saturated carbocycles. The minimum Gasteiger partial charge on any atom is -0.388 e. The molecule has 1 unspecified atom stereocenters. The summed E-state index contributed by atoms with van der Waals surface area (Å²) in [6.45, 7) is 0. The molecule has 0 aromatic heterocycles. The Morgan fingerprint density at radius 1 is 0.952 bits per heavy atom. The third-order valence-corrected chi connectivity index (χ3v) is 5.91. The maximum Gasteiger partial charge on any atom is 0.0857 e. The smallest absolute Gasteiger partial charge is 0.0857 e. The van der Waals surface area contributed by atoms with Gasteiger partial charge in [-0.25, -0.2) is 0 Å². The van der Waals surface area contributed by atoms with Crippen LogP contribution in [0.2, 0.25) is 0 Å². The van der Waals surface area contributed by atoms with Crippen LogP contribution in [0.5, 0.6) is 0 Å². The highest BCUT2D eigenvalue weighted by atomic mass is 16.3. The molecule has 1 aromatic rings. The van der Waals surface area contributed by atoms with Gasteiger partial charge in [-0.05, 0) is 49.5 Å². The van der Waals surface area contributed by atoms with E-state index in [9.17, 15) is 5.11 Å². The maximum absolute atomic E-state index is 11.6. The molecule has 2 aliphatic carbocycles. The van der Waals surface area contributed by atoms with Crippen molar-refractivity contribution >= 4 is 0 Å². The van der Waals surface area contributed by atoms with E-state index in [4.69, 9.17) is 5.73 Å². The summed E-state index contributed by atoms with van der Waals surface area (Å²) in [6, 6.07) is 10.3. The van der Waals surface area contributed by atoms with Crippen LogP contribution < -0.4 is 5.73 Å². The molecule has 2 heteroatoms. The standard InChI is InChI=1S/C19H29NO/c20-18(14-15-8-2-1-3-9-15)19(21,16-10-4-5-11-16)17-12-6-7-13-17/h1-3,8-9,16-18,21H,4-7,10-14,20H2. The molecule has 1 aromatic carbocycles. The highest BCUT2D eigenvalue weighted by Crippen LogP contribution is 2.46. The number of hydrogen-bond donors (Lipinski definition) is 2. The van der Waals surface area contributed by atoms with Crippen molar-refractivity contribution in [1.82, 2.24) is 0 Å². The zero-order valence-electron chi connectivity index (χ0n) is 13.0. The van der Waals surface area contributed by atoms with E-state index in [1.165, 1.54) is 31.2 Å². The topological polar surface area (TPSA) is 46.2 Å². The van der Waals surface area contributed by atoms with E-state index in [2.05, 4.69) is 24.3 Å². The molecule has 3 rings (SSSR count). The minimum atomic E-state index is -0.650. The Hall–Kier alpha value is -0.860. The summed E-state index contributed by atoms with van der Waals surface area (Å²) < 4.78 is 0. The Balaban J connectivity index is 1.80. The van der Waals surface area contributed by atoms with Crippen molar-refractivity contribution in [3.8, 4) is 0 Å². The molecule has 116 valence electrons. The first-order valence-corrected chi connectivity index (χ1v) is 8.73. The lowest BCUT2D eigenvalue weighted by atomic mass is 9.69. The third kappa shape index (κ3) is 3.02. The zero-order chi connectivity index (χ0) is 14.7. The molecule has 2 nitrogen and oxygen atoms in total. The van der Waals surface area contributed by atoms with E-state index in [0.717, 1.165) is 32.1 Å². The second-order valence-corrected chi connectivity index (χ2v) is 7.15. The average Bonchev–Trinajstić information content (AvgIpc) is 3.21. The molecule has 2 fully saturated rings. The van der Waals surface area contributed by atoms with Crippen molar-refractivity contribution in [2.24, 2.45) is 17.6 Å². The van der Waals surface area contributed by atoms with E-state index < -0.39 is 5.60 Å². The largest absolute Gasteiger partial charge is 0.388 e. The van der Waals surface area contributed by atoms with Gasteiger partial charge in [0.25, 0.3) is 0 Å². The molecular formula is C19H29NO. The Bertz CT molecular complexity index is 416. The zero-order valence-corrected chi connectivity index (χ0v) is 13.0. The van der Waals surface area contributed by atoms with Crippen molar-refractivity contribution in [3.05, 3.63) is 35.9 Å². The lowest BCUT2D eigenvalue weighted by Crippen LogP contribution is -2.58. The Morgan fingerprint density at radius 3 is 1.90 bits per heavy atom. The molecule has 1 atom stereocenters. The summed E-state index contributed by atoms with van der Waals surface area (Å²) in [5, 5.41) is 11.6. The van der Waals surface area contributed by atoms with Gasteiger partial charge in [0.15, 0.2) is 0 Å². The fourth-order valence-electron chi connectivity index (χ4n) is 4.75. The van der Waals surface area contributed by atoms with Gasteiger partial charge in [0.2, 0.25) is 0 Å². The van der Waals surface area contributed by atoms with Crippen molar-refractivity contribution in [1.29, 1.82) is 0 Å². The fourth-order valence-corrected chi connectivity index (χ4v) is 4.75. The van der Waals surface area contributed by atoms with Gasteiger partial charge in [-0.2, -0.15) is 0 Å². The molecule has 0 heterocycles. The van der Waals surface area contributed by atoms with Crippen LogP contribution in [-0.2, 0) is 6.42 Å². The van der Waals surface area contributed by atoms with Crippen LogP contribution in [0, 0.1) is 11.8 Å². The Kier molecular flexibility index (Phi) is 4.66. The van der Waals surface area contributed by atoms with Crippen molar-refractivity contribution in [2.45, 2.75) is 69.4 Å². The molecule has 0 radical (unpaired) electrons.